The molecule has 4 N–H and O–H groups in total. The van der Waals surface area contributed by atoms with E-state index in [9.17, 15) is 0 Å². The second-order valence-corrected chi connectivity index (χ2v) is 15.1. The van der Waals surface area contributed by atoms with Crippen molar-refractivity contribution in [2.24, 2.45) is 0 Å². The van der Waals surface area contributed by atoms with Gasteiger partial charge < -0.3 is 20.8 Å². The van der Waals surface area contributed by atoms with Gasteiger partial charge in [0.1, 0.15) is 11.6 Å². The number of hydrogen-bond acceptors (Lipinski definition) is 10. The number of nitrogens with two attached hydrogens (primary N) is 2. The molecule has 0 spiro atoms. The number of hydrogen-bond donors (Lipinski definition) is 2. The minimum atomic E-state index is -0.435. The maximum atomic E-state index is 7.19. The molecule has 58 heavy (non-hydrogen) atoms. The number of aromatic nitrogens is 8. The number of benzene rings is 2. The highest BCUT2D eigenvalue weighted by Gasteiger charge is 2.51. The van der Waals surface area contributed by atoms with E-state index in [1.807, 2.05) is 70.2 Å². The van der Waals surface area contributed by atoms with Crippen LogP contribution in [0, 0.1) is 13.1 Å². The average Bonchev–Trinajstić information content (AvgIpc) is 3.90. The maximum absolute atomic E-state index is 7.19. The highest BCUT2D eigenvalue weighted by atomic mass is 79.9. The molecule has 0 saturated carbocycles. The van der Waals surface area contributed by atoms with Gasteiger partial charge in [-0.3, -0.25) is 9.97 Å². The highest BCUT2D eigenvalue weighted by Crippen LogP contribution is 2.37. The fourth-order valence-electron chi connectivity index (χ4n) is 5.95. The van der Waals surface area contributed by atoms with E-state index in [0.29, 0.717) is 34.4 Å². The molecule has 7 heterocycles. The number of halogens is 1. The molecule has 8 aromatic rings. The van der Waals surface area contributed by atoms with E-state index in [1.165, 1.54) is 0 Å². The van der Waals surface area contributed by atoms with Gasteiger partial charge in [0.05, 0.1) is 59.1 Å². The Kier molecular flexibility index (Phi) is 11.0. The molecular weight excluding hydrogens is 795 g/mol. The lowest BCUT2D eigenvalue weighted by Crippen LogP contribution is -2.41. The molecule has 286 valence electrons. The van der Waals surface area contributed by atoms with Crippen LogP contribution < -0.4 is 16.9 Å². The molecule has 1 fully saturated rings. The van der Waals surface area contributed by atoms with Gasteiger partial charge in [-0.25, -0.2) is 29.0 Å². The molecular formula is C42H36BBrN12O2. The van der Waals surface area contributed by atoms with Gasteiger partial charge in [-0.15, -0.1) is 0 Å². The first kappa shape index (κ1) is 39.3. The Morgan fingerprint density at radius 3 is 1.67 bits per heavy atom. The van der Waals surface area contributed by atoms with Crippen molar-refractivity contribution in [1.82, 2.24) is 39.5 Å². The number of anilines is 2. The minimum absolute atomic E-state index is 0.390. The van der Waals surface area contributed by atoms with E-state index in [4.69, 9.17) is 33.9 Å². The third kappa shape index (κ3) is 8.40. The Morgan fingerprint density at radius 2 is 1.16 bits per heavy atom. The van der Waals surface area contributed by atoms with Gasteiger partial charge in [-0.1, -0.05) is 24.3 Å². The molecule has 9 rings (SSSR count). The Balaban J connectivity index is 0.000000149. The van der Waals surface area contributed by atoms with Gasteiger partial charge >= 0.3 is 7.12 Å². The van der Waals surface area contributed by atoms with Crippen molar-refractivity contribution in [3.8, 4) is 22.8 Å². The molecule has 0 radical (unpaired) electrons. The van der Waals surface area contributed by atoms with Gasteiger partial charge in [0.2, 0.25) is 0 Å². The monoisotopic (exact) mass is 830 g/mol. The van der Waals surface area contributed by atoms with Crippen LogP contribution in [0.5, 0.6) is 0 Å². The van der Waals surface area contributed by atoms with E-state index in [1.54, 1.807) is 89.3 Å². The summed E-state index contributed by atoms with van der Waals surface area (Å²) in [6, 6.07) is 22.5. The minimum Gasteiger partial charge on any atom is -0.399 e. The molecule has 0 bridgehead atoms. The van der Waals surface area contributed by atoms with E-state index in [0.717, 1.165) is 42.9 Å². The second kappa shape index (κ2) is 16.2. The van der Waals surface area contributed by atoms with E-state index in [-0.39, 0.29) is 0 Å². The van der Waals surface area contributed by atoms with Gasteiger partial charge in [0.25, 0.3) is 0 Å². The molecule has 0 unspecified atom stereocenters. The van der Waals surface area contributed by atoms with Gasteiger partial charge in [0, 0.05) is 58.0 Å². The van der Waals surface area contributed by atoms with Crippen LogP contribution in [0.25, 0.3) is 54.3 Å². The number of pyridine rings is 4. The third-order valence-electron chi connectivity index (χ3n) is 9.66. The Bertz CT molecular complexity index is 2830. The first-order valence-corrected chi connectivity index (χ1v) is 18.7. The molecule has 0 atom stereocenters. The SMILES string of the molecule is Nc1cncc(Br)c1.[C-]#[N+]c1ccnc(-n2ncc3ccc(-c4cncc(N)c4)cc32)c1.[C-]#[N+]c1ccnc(-n2ncc3ccc(B4OC(C)(C)C(C)(C)O4)cc32)c1. The van der Waals surface area contributed by atoms with E-state index >= 15 is 0 Å². The fourth-order valence-corrected chi connectivity index (χ4v) is 6.34. The zero-order valence-corrected chi connectivity index (χ0v) is 33.5. The summed E-state index contributed by atoms with van der Waals surface area (Å²) in [5.74, 6) is 1.22. The van der Waals surface area contributed by atoms with Crippen molar-refractivity contribution in [3.05, 3.63) is 150 Å². The van der Waals surface area contributed by atoms with Crippen LogP contribution in [-0.4, -0.2) is 57.8 Å². The van der Waals surface area contributed by atoms with Crippen LogP contribution in [0.3, 0.4) is 0 Å². The van der Waals surface area contributed by atoms with Crippen molar-refractivity contribution >= 4 is 73.1 Å². The molecule has 14 nitrogen and oxygen atoms in total. The van der Waals surface area contributed by atoms with Crippen LogP contribution in [0.4, 0.5) is 22.7 Å². The van der Waals surface area contributed by atoms with Gasteiger partial charge in [0.15, 0.2) is 11.4 Å². The van der Waals surface area contributed by atoms with Crippen LogP contribution >= 0.6 is 15.9 Å². The standard InChI is InChI=1S/C19H19BN4O2.C18H12N6.C5H5BrN2/c1-18(2)19(3,4)26-20(25-18)14-7-6-13-12-23-24(16(13)10-14)17-11-15(21-5)8-9-22-17;1-20-16-4-5-22-18(8-16)24-17-7-12(2-3-13(17)10-23-24)14-6-15(19)11-21-9-14;6-4-1-5(7)3-8-2-4/h6-12H,1-4H3;2-11H,19H2;1-3H,7H2. The van der Waals surface area contributed by atoms with Crippen LogP contribution in [0.1, 0.15) is 27.7 Å². The Labute approximate surface area is 343 Å². The lowest BCUT2D eigenvalue weighted by Gasteiger charge is -2.32. The summed E-state index contributed by atoms with van der Waals surface area (Å²) >= 11 is 3.22. The van der Waals surface area contributed by atoms with Crippen molar-refractivity contribution in [3.63, 3.8) is 0 Å². The quantitative estimate of drug-likeness (QED) is 0.130. The molecule has 2 aromatic carbocycles. The smallest absolute Gasteiger partial charge is 0.399 e. The number of rotatable bonds is 4. The molecule has 6 aromatic heterocycles. The highest BCUT2D eigenvalue weighted by molar-refractivity contribution is 9.10. The fraction of sp³-hybridized carbons (Fsp3) is 0.143. The Hall–Kier alpha value is -6.98. The topological polar surface area (TPSA) is 166 Å². The predicted octanol–water partition coefficient (Wildman–Crippen LogP) is 8.31. The first-order valence-electron chi connectivity index (χ1n) is 17.9. The second-order valence-electron chi connectivity index (χ2n) is 14.2. The summed E-state index contributed by atoms with van der Waals surface area (Å²) in [5, 5.41) is 10.8. The number of nitrogens with zero attached hydrogens (tertiary/aromatic N) is 10. The summed E-state index contributed by atoms with van der Waals surface area (Å²) in [6.45, 7) is 22.5. The van der Waals surface area contributed by atoms with Gasteiger partial charge in [-0.05, 0) is 103 Å². The summed E-state index contributed by atoms with van der Waals surface area (Å²) in [6.07, 6.45) is 13.5. The molecule has 1 saturated heterocycles. The lowest BCUT2D eigenvalue weighted by molar-refractivity contribution is 0.00578. The summed E-state index contributed by atoms with van der Waals surface area (Å²) < 4.78 is 16.7. The third-order valence-corrected chi connectivity index (χ3v) is 10.1. The van der Waals surface area contributed by atoms with Gasteiger partial charge in [-0.2, -0.15) is 10.2 Å². The maximum Gasteiger partial charge on any atom is 0.494 e. The normalized spacial score (nSPS) is 13.8. The van der Waals surface area contributed by atoms with Crippen molar-refractivity contribution < 1.29 is 9.31 Å². The zero-order valence-electron chi connectivity index (χ0n) is 31.9. The lowest BCUT2D eigenvalue weighted by atomic mass is 9.79. The van der Waals surface area contributed by atoms with E-state index in [2.05, 4.69) is 55.8 Å². The van der Waals surface area contributed by atoms with Crippen LogP contribution in [-0.2, 0) is 9.31 Å². The van der Waals surface area contributed by atoms with Crippen molar-refractivity contribution in [2.75, 3.05) is 11.5 Å². The summed E-state index contributed by atoms with van der Waals surface area (Å²) in [4.78, 5) is 23.5. The summed E-state index contributed by atoms with van der Waals surface area (Å²) in [7, 11) is -0.435. The molecule has 1 aliphatic rings. The average molecular weight is 832 g/mol. The van der Waals surface area contributed by atoms with Crippen LogP contribution in [0.2, 0.25) is 0 Å². The molecule has 16 heteroatoms. The van der Waals surface area contributed by atoms with Crippen molar-refractivity contribution in [2.45, 2.75) is 38.9 Å². The van der Waals surface area contributed by atoms with E-state index < -0.39 is 18.3 Å². The zero-order chi connectivity index (χ0) is 41.0. The largest absolute Gasteiger partial charge is 0.494 e. The predicted molar refractivity (Wildman–Crippen MR) is 230 cm³/mol. The molecule has 0 amide bonds. The Morgan fingerprint density at radius 1 is 0.621 bits per heavy atom. The van der Waals surface area contributed by atoms with Crippen molar-refractivity contribution in [1.29, 1.82) is 0 Å². The number of fused-ring (bicyclic) bond motifs is 2. The molecule has 1 aliphatic heterocycles. The molecule has 0 aliphatic carbocycles. The summed E-state index contributed by atoms with van der Waals surface area (Å²) in [5.41, 5.74) is 17.4. The van der Waals surface area contributed by atoms with Crippen LogP contribution in [0.15, 0.2) is 127 Å². The number of nitrogen functional groups attached to an aromatic ring is 2. The first-order chi connectivity index (χ1) is 27.8.